The van der Waals surface area contributed by atoms with E-state index in [1.165, 1.54) is 18.1 Å². The molecule has 1 aliphatic heterocycles. The number of hydrogen-bond donors (Lipinski definition) is 1. The molecule has 0 aromatic heterocycles. The Bertz CT molecular complexity index is 766. The van der Waals surface area contributed by atoms with Crippen molar-refractivity contribution in [2.45, 2.75) is 33.1 Å². The Kier molecular flexibility index (Phi) is 4.65. The van der Waals surface area contributed by atoms with E-state index in [0.29, 0.717) is 6.42 Å². The monoisotopic (exact) mass is 322 g/mol. The maximum absolute atomic E-state index is 12.7. The molecule has 124 valence electrons. The molecule has 0 atom stereocenters. The molecule has 1 N–H and O–H groups in total. The van der Waals surface area contributed by atoms with Gasteiger partial charge in [0.1, 0.15) is 0 Å². The Labute approximate surface area is 142 Å². The standard InChI is InChI=1S/C20H22N2O2/c1-14-5-10-19-17(12-14)4-3-11-22(19)20(24)13-16-6-8-18(9-7-16)21-15(2)23/h5-10,12H,3-4,11,13H2,1-2H3,(H,21,23). The molecule has 0 saturated carbocycles. The lowest BCUT2D eigenvalue weighted by atomic mass is 9.99. The minimum Gasteiger partial charge on any atom is -0.326 e. The van der Waals surface area contributed by atoms with Crippen molar-refractivity contribution in [3.63, 3.8) is 0 Å². The fourth-order valence-electron chi connectivity index (χ4n) is 3.16. The first kappa shape index (κ1) is 16.2. The van der Waals surface area contributed by atoms with Gasteiger partial charge in [0.25, 0.3) is 0 Å². The number of rotatable bonds is 3. The van der Waals surface area contributed by atoms with Crippen molar-refractivity contribution in [1.29, 1.82) is 0 Å². The van der Waals surface area contributed by atoms with Crippen LogP contribution in [0.1, 0.15) is 30.0 Å². The first-order valence-corrected chi connectivity index (χ1v) is 8.29. The van der Waals surface area contributed by atoms with Crippen LogP contribution in [0.25, 0.3) is 0 Å². The minimum absolute atomic E-state index is 0.0981. The normalized spacial score (nSPS) is 13.3. The van der Waals surface area contributed by atoms with Crippen LogP contribution in [0.4, 0.5) is 11.4 Å². The second-order valence-electron chi connectivity index (χ2n) is 6.34. The minimum atomic E-state index is -0.0981. The molecule has 0 unspecified atom stereocenters. The van der Waals surface area contributed by atoms with Crippen LogP contribution >= 0.6 is 0 Å². The summed E-state index contributed by atoms with van der Waals surface area (Å²) in [6.07, 6.45) is 2.41. The van der Waals surface area contributed by atoms with E-state index in [4.69, 9.17) is 0 Å². The van der Waals surface area contributed by atoms with Crippen molar-refractivity contribution < 1.29 is 9.59 Å². The lowest BCUT2D eigenvalue weighted by molar-refractivity contribution is -0.118. The fourth-order valence-corrected chi connectivity index (χ4v) is 3.16. The summed E-state index contributed by atoms with van der Waals surface area (Å²) in [5.74, 6) is 0.0196. The number of hydrogen-bond acceptors (Lipinski definition) is 2. The quantitative estimate of drug-likeness (QED) is 0.940. The van der Waals surface area contributed by atoms with Crippen molar-refractivity contribution in [2.75, 3.05) is 16.8 Å². The van der Waals surface area contributed by atoms with Gasteiger partial charge in [0.15, 0.2) is 0 Å². The molecule has 1 heterocycles. The van der Waals surface area contributed by atoms with Gasteiger partial charge in [0.2, 0.25) is 11.8 Å². The van der Waals surface area contributed by atoms with Crippen LogP contribution in [0.5, 0.6) is 0 Å². The lowest BCUT2D eigenvalue weighted by Gasteiger charge is -2.30. The molecule has 0 fully saturated rings. The zero-order chi connectivity index (χ0) is 17.1. The van der Waals surface area contributed by atoms with E-state index in [0.717, 1.165) is 36.3 Å². The van der Waals surface area contributed by atoms with Gasteiger partial charge in [-0.15, -0.1) is 0 Å². The van der Waals surface area contributed by atoms with E-state index in [1.54, 1.807) is 0 Å². The zero-order valence-corrected chi connectivity index (χ0v) is 14.1. The van der Waals surface area contributed by atoms with Gasteiger partial charge in [-0.2, -0.15) is 0 Å². The zero-order valence-electron chi connectivity index (χ0n) is 14.1. The summed E-state index contributed by atoms with van der Waals surface area (Å²) in [6, 6.07) is 13.7. The van der Waals surface area contributed by atoms with Crippen LogP contribution in [0.2, 0.25) is 0 Å². The molecular formula is C20H22N2O2. The molecule has 0 aliphatic carbocycles. The maximum atomic E-state index is 12.7. The SMILES string of the molecule is CC(=O)Nc1ccc(CC(=O)N2CCCc3cc(C)ccc32)cc1. The Morgan fingerprint density at radius 2 is 1.88 bits per heavy atom. The first-order valence-electron chi connectivity index (χ1n) is 8.29. The van der Waals surface area contributed by atoms with E-state index in [-0.39, 0.29) is 11.8 Å². The van der Waals surface area contributed by atoms with E-state index in [1.807, 2.05) is 29.2 Å². The molecule has 2 aromatic rings. The summed E-state index contributed by atoms with van der Waals surface area (Å²) < 4.78 is 0. The number of benzene rings is 2. The number of fused-ring (bicyclic) bond motifs is 1. The topological polar surface area (TPSA) is 49.4 Å². The Hall–Kier alpha value is -2.62. The molecule has 0 saturated heterocycles. The highest BCUT2D eigenvalue weighted by Crippen LogP contribution is 2.28. The maximum Gasteiger partial charge on any atom is 0.231 e. The van der Waals surface area contributed by atoms with Gasteiger partial charge < -0.3 is 10.2 Å². The third-order valence-electron chi connectivity index (χ3n) is 4.28. The third kappa shape index (κ3) is 3.65. The number of anilines is 2. The van der Waals surface area contributed by atoms with Crippen LogP contribution in [-0.2, 0) is 22.4 Å². The highest BCUT2D eigenvalue weighted by atomic mass is 16.2. The average Bonchev–Trinajstić information content (AvgIpc) is 2.55. The summed E-state index contributed by atoms with van der Waals surface area (Å²) in [7, 11) is 0. The molecule has 4 heteroatoms. The smallest absolute Gasteiger partial charge is 0.231 e. The molecule has 1 aliphatic rings. The fraction of sp³-hybridized carbons (Fsp3) is 0.300. The molecule has 2 amide bonds. The van der Waals surface area contributed by atoms with E-state index < -0.39 is 0 Å². The average molecular weight is 322 g/mol. The van der Waals surface area contributed by atoms with Crippen molar-refractivity contribution in [1.82, 2.24) is 0 Å². The van der Waals surface area contributed by atoms with Crippen LogP contribution in [0.15, 0.2) is 42.5 Å². The molecule has 2 aromatic carbocycles. The largest absolute Gasteiger partial charge is 0.326 e. The summed E-state index contributed by atoms with van der Waals surface area (Å²) in [4.78, 5) is 25.7. The Morgan fingerprint density at radius 3 is 2.58 bits per heavy atom. The van der Waals surface area contributed by atoms with Gasteiger partial charge in [0.05, 0.1) is 6.42 Å². The Morgan fingerprint density at radius 1 is 1.12 bits per heavy atom. The van der Waals surface area contributed by atoms with Gasteiger partial charge in [-0.1, -0.05) is 29.8 Å². The first-order chi connectivity index (χ1) is 11.5. The molecule has 0 radical (unpaired) electrons. The highest BCUT2D eigenvalue weighted by Gasteiger charge is 2.22. The van der Waals surface area contributed by atoms with Crippen molar-refractivity contribution in [2.24, 2.45) is 0 Å². The van der Waals surface area contributed by atoms with E-state index in [2.05, 4.69) is 30.4 Å². The second-order valence-corrected chi connectivity index (χ2v) is 6.34. The second kappa shape index (κ2) is 6.87. The van der Waals surface area contributed by atoms with Gasteiger partial charge in [-0.25, -0.2) is 0 Å². The predicted octanol–water partition coefficient (Wildman–Crippen LogP) is 3.48. The van der Waals surface area contributed by atoms with Crippen LogP contribution in [0.3, 0.4) is 0 Å². The van der Waals surface area contributed by atoms with Crippen molar-refractivity contribution >= 4 is 23.2 Å². The van der Waals surface area contributed by atoms with Gasteiger partial charge >= 0.3 is 0 Å². The van der Waals surface area contributed by atoms with Crippen LogP contribution in [-0.4, -0.2) is 18.4 Å². The summed E-state index contributed by atoms with van der Waals surface area (Å²) in [5.41, 5.74) is 5.24. The molecule has 0 bridgehead atoms. The number of nitrogens with zero attached hydrogens (tertiary/aromatic N) is 1. The molecule has 24 heavy (non-hydrogen) atoms. The number of nitrogens with one attached hydrogen (secondary N) is 1. The highest BCUT2D eigenvalue weighted by molar-refractivity contribution is 5.96. The third-order valence-corrected chi connectivity index (χ3v) is 4.28. The predicted molar refractivity (Wildman–Crippen MR) is 96.3 cm³/mol. The van der Waals surface area contributed by atoms with Crippen molar-refractivity contribution in [3.8, 4) is 0 Å². The van der Waals surface area contributed by atoms with E-state index in [9.17, 15) is 9.59 Å². The van der Waals surface area contributed by atoms with Crippen LogP contribution < -0.4 is 10.2 Å². The summed E-state index contributed by atoms with van der Waals surface area (Å²) >= 11 is 0. The summed E-state index contributed by atoms with van der Waals surface area (Å²) in [5, 5.41) is 2.73. The number of aryl methyl sites for hydroxylation is 2. The Balaban J connectivity index is 1.73. The molecule has 3 rings (SSSR count). The number of carbonyl (C=O) groups excluding carboxylic acids is 2. The molecular weight excluding hydrogens is 300 g/mol. The van der Waals surface area contributed by atoms with E-state index >= 15 is 0 Å². The molecule has 0 spiro atoms. The summed E-state index contributed by atoms with van der Waals surface area (Å²) in [6.45, 7) is 4.34. The van der Waals surface area contributed by atoms with Crippen LogP contribution in [0, 0.1) is 6.92 Å². The van der Waals surface area contributed by atoms with Crippen molar-refractivity contribution in [3.05, 3.63) is 59.2 Å². The lowest BCUT2D eigenvalue weighted by Crippen LogP contribution is -2.36. The van der Waals surface area contributed by atoms with Gasteiger partial charge in [-0.05, 0) is 49.1 Å². The van der Waals surface area contributed by atoms with Gasteiger partial charge in [0, 0.05) is 24.8 Å². The van der Waals surface area contributed by atoms with Gasteiger partial charge in [-0.3, -0.25) is 9.59 Å². The number of carbonyl (C=O) groups is 2. The molecule has 4 nitrogen and oxygen atoms in total. The number of amides is 2.